The van der Waals surface area contributed by atoms with Crippen LogP contribution in [0.15, 0.2) is 28.5 Å². The third kappa shape index (κ3) is 4.99. The first-order valence-electron chi connectivity index (χ1n) is 5.12. The van der Waals surface area contributed by atoms with E-state index in [1.165, 1.54) is 5.01 Å². The Morgan fingerprint density at radius 3 is 2.72 bits per heavy atom. The molecule has 1 aromatic carbocycles. The maximum Gasteiger partial charge on any atom is 0.266 e. The first-order chi connectivity index (χ1) is 8.29. The molecule has 6 nitrogen and oxygen atoms in total. The Kier molecular flexibility index (Phi) is 5.06. The highest BCUT2D eigenvalue weighted by atomic mass is 35.5. The van der Waals surface area contributed by atoms with Gasteiger partial charge in [0.05, 0.1) is 18.0 Å². The number of hydrogen-bond donors (Lipinski definition) is 1. The summed E-state index contributed by atoms with van der Waals surface area (Å²) in [4.78, 5) is 0. The van der Waals surface area contributed by atoms with E-state index in [2.05, 4.69) is 10.3 Å². The van der Waals surface area contributed by atoms with Crippen molar-refractivity contribution in [1.82, 2.24) is 5.01 Å². The highest BCUT2D eigenvalue weighted by Gasteiger charge is 2.06. The van der Waals surface area contributed by atoms with Gasteiger partial charge in [0.15, 0.2) is 0 Å². The lowest BCUT2D eigenvalue weighted by molar-refractivity contribution is 0.346. The summed E-state index contributed by atoms with van der Waals surface area (Å²) in [5.41, 5.74) is 1.41. The fourth-order valence-corrected chi connectivity index (χ4v) is 1.79. The molecule has 0 bridgehead atoms. The van der Waals surface area contributed by atoms with Crippen molar-refractivity contribution < 1.29 is 13.0 Å². The molecule has 0 aromatic heterocycles. The van der Waals surface area contributed by atoms with Crippen LogP contribution >= 0.6 is 11.6 Å². The van der Waals surface area contributed by atoms with Crippen molar-refractivity contribution in [3.63, 3.8) is 0 Å². The summed E-state index contributed by atoms with van der Waals surface area (Å²) in [6, 6.07) is 5.25. The van der Waals surface area contributed by atoms with E-state index < -0.39 is 15.9 Å². The standard InChI is InChI=1S/C10H14ClN3O3S/c1-8-9(11)4-3-5-10(8)12-13-14(2)6-7-18(15,16)17/h3-5H,6-7H2,1-2H3,(H,15,16,17). The molecule has 0 amide bonds. The molecule has 0 radical (unpaired) electrons. The molecule has 100 valence electrons. The van der Waals surface area contributed by atoms with E-state index in [-0.39, 0.29) is 6.54 Å². The highest BCUT2D eigenvalue weighted by molar-refractivity contribution is 7.85. The van der Waals surface area contributed by atoms with Crippen molar-refractivity contribution >= 4 is 27.4 Å². The lowest BCUT2D eigenvalue weighted by atomic mass is 10.2. The normalized spacial score (nSPS) is 12.0. The molecular formula is C10H14ClN3O3S. The van der Waals surface area contributed by atoms with Gasteiger partial charge in [-0.3, -0.25) is 9.56 Å². The summed E-state index contributed by atoms with van der Waals surface area (Å²) in [5.74, 6) is -0.392. The molecule has 1 N–H and O–H groups in total. The number of halogens is 1. The van der Waals surface area contributed by atoms with Crippen molar-refractivity contribution in [3.05, 3.63) is 28.8 Å². The third-order valence-corrected chi connectivity index (χ3v) is 3.33. The minimum atomic E-state index is -3.98. The summed E-state index contributed by atoms with van der Waals surface area (Å²) < 4.78 is 29.7. The Hall–Kier alpha value is -1.18. The topological polar surface area (TPSA) is 82.3 Å². The molecule has 0 fully saturated rings. The molecular weight excluding hydrogens is 278 g/mol. The van der Waals surface area contributed by atoms with Gasteiger partial charge in [0, 0.05) is 12.1 Å². The monoisotopic (exact) mass is 291 g/mol. The highest BCUT2D eigenvalue weighted by Crippen LogP contribution is 2.25. The third-order valence-electron chi connectivity index (χ3n) is 2.22. The quantitative estimate of drug-likeness (QED) is 0.513. The van der Waals surface area contributed by atoms with Crippen LogP contribution in [-0.4, -0.2) is 37.3 Å². The van der Waals surface area contributed by atoms with Crippen LogP contribution in [0, 0.1) is 6.92 Å². The Labute approximate surface area is 111 Å². The Morgan fingerprint density at radius 2 is 2.11 bits per heavy atom. The van der Waals surface area contributed by atoms with Gasteiger partial charge in [-0.05, 0) is 24.6 Å². The first-order valence-corrected chi connectivity index (χ1v) is 7.11. The van der Waals surface area contributed by atoms with E-state index >= 15 is 0 Å². The minimum Gasteiger partial charge on any atom is -0.285 e. The summed E-state index contributed by atoms with van der Waals surface area (Å²) in [6.07, 6.45) is 0. The molecule has 0 heterocycles. The van der Waals surface area contributed by atoms with Gasteiger partial charge in [-0.15, -0.1) is 5.11 Å². The molecule has 0 spiro atoms. The molecule has 8 heteroatoms. The Balaban J connectivity index is 2.66. The lowest BCUT2D eigenvalue weighted by Gasteiger charge is -2.09. The average Bonchev–Trinajstić information content (AvgIpc) is 2.27. The van der Waals surface area contributed by atoms with Crippen LogP contribution < -0.4 is 0 Å². The van der Waals surface area contributed by atoms with Crippen molar-refractivity contribution in [2.45, 2.75) is 6.92 Å². The lowest BCUT2D eigenvalue weighted by Crippen LogP contribution is -2.20. The second-order valence-electron chi connectivity index (χ2n) is 3.74. The van der Waals surface area contributed by atoms with E-state index in [0.29, 0.717) is 10.7 Å². The first kappa shape index (κ1) is 14.9. The van der Waals surface area contributed by atoms with E-state index in [1.54, 1.807) is 25.2 Å². The molecule has 0 saturated heterocycles. The van der Waals surface area contributed by atoms with Crippen LogP contribution in [0.2, 0.25) is 5.02 Å². The SMILES string of the molecule is Cc1c(Cl)cccc1N=NN(C)CCS(=O)(=O)O. The molecule has 0 aliphatic rings. The zero-order valence-corrected chi connectivity index (χ0v) is 11.6. The molecule has 1 aromatic rings. The predicted molar refractivity (Wildman–Crippen MR) is 69.8 cm³/mol. The van der Waals surface area contributed by atoms with Gasteiger partial charge in [0.2, 0.25) is 0 Å². The van der Waals surface area contributed by atoms with Crippen LogP contribution in [0.5, 0.6) is 0 Å². The molecule has 0 aliphatic carbocycles. The molecule has 0 saturated carbocycles. The Bertz CT molecular complexity index is 545. The number of benzene rings is 1. The van der Waals surface area contributed by atoms with Gasteiger partial charge in [-0.2, -0.15) is 8.42 Å². The molecule has 0 atom stereocenters. The van der Waals surface area contributed by atoms with Crippen molar-refractivity contribution in [3.8, 4) is 0 Å². The van der Waals surface area contributed by atoms with Crippen LogP contribution in [0.4, 0.5) is 5.69 Å². The fourth-order valence-electron chi connectivity index (χ4n) is 1.12. The van der Waals surface area contributed by atoms with Crippen molar-refractivity contribution in [1.29, 1.82) is 0 Å². The van der Waals surface area contributed by atoms with Gasteiger partial charge < -0.3 is 0 Å². The van der Waals surface area contributed by atoms with Crippen molar-refractivity contribution in [2.75, 3.05) is 19.3 Å². The maximum atomic E-state index is 10.5. The molecule has 18 heavy (non-hydrogen) atoms. The summed E-state index contributed by atoms with van der Waals surface area (Å²) in [6.45, 7) is 1.87. The summed E-state index contributed by atoms with van der Waals surface area (Å²) in [5, 5.41) is 9.70. The van der Waals surface area contributed by atoms with Gasteiger partial charge in [0.1, 0.15) is 0 Å². The van der Waals surface area contributed by atoms with Gasteiger partial charge in [0.25, 0.3) is 10.1 Å². The van der Waals surface area contributed by atoms with E-state index in [4.69, 9.17) is 16.2 Å². The average molecular weight is 292 g/mol. The summed E-state index contributed by atoms with van der Waals surface area (Å²) in [7, 11) is -2.42. The van der Waals surface area contributed by atoms with Gasteiger partial charge >= 0.3 is 0 Å². The largest absolute Gasteiger partial charge is 0.285 e. The van der Waals surface area contributed by atoms with Crippen molar-refractivity contribution in [2.24, 2.45) is 10.3 Å². The molecule has 1 rings (SSSR count). The zero-order chi connectivity index (χ0) is 13.8. The smallest absolute Gasteiger partial charge is 0.266 e. The second kappa shape index (κ2) is 6.12. The maximum absolute atomic E-state index is 10.5. The predicted octanol–water partition coefficient (Wildman–Crippen LogP) is 2.47. The van der Waals surface area contributed by atoms with Crippen LogP contribution in [0.1, 0.15) is 5.56 Å². The molecule has 0 aliphatic heterocycles. The van der Waals surface area contributed by atoms with Gasteiger partial charge in [-0.1, -0.05) is 22.9 Å². The molecule has 0 unspecified atom stereocenters. The van der Waals surface area contributed by atoms with E-state index in [1.807, 2.05) is 6.92 Å². The van der Waals surface area contributed by atoms with Crippen LogP contribution in [0.3, 0.4) is 0 Å². The van der Waals surface area contributed by atoms with Crippen LogP contribution in [0.25, 0.3) is 0 Å². The minimum absolute atomic E-state index is 0.0575. The number of rotatable bonds is 5. The zero-order valence-electron chi connectivity index (χ0n) is 10.0. The second-order valence-corrected chi connectivity index (χ2v) is 5.72. The van der Waals surface area contributed by atoms with Gasteiger partial charge in [-0.25, -0.2) is 0 Å². The fraction of sp³-hybridized carbons (Fsp3) is 0.400. The summed E-state index contributed by atoms with van der Waals surface area (Å²) >= 11 is 5.92. The number of hydrogen-bond acceptors (Lipinski definition) is 4. The Morgan fingerprint density at radius 1 is 1.44 bits per heavy atom. The van der Waals surface area contributed by atoms with Crippen LogP contribution in [-0.2, 0) is 10.1 Å². The van der Waals surface area contributed by atoms with E-state index in [0.717, 1.165) is 5.56 Å². The van der Waals surface area contributed by atoms with E-state index in [9.17, 15) is 8.42 Å². The number of nitrogens with zero attached hydrogens (tertiary/aromatic N) is 3.